The quantitative estimate of drug-likeness (QED) is 0.364. The van der Waals surface area contributed by atoms with E-state index in [1.165, 1.54) is 17.8 Å². The van der Waals surface area contributed by atoms with E-state index in [9.17, 15) is 10.1 Å². The first-order valence-corrected chi connectivity index (χ1v) is 7.43. The number of aromatic nitrogens is 2. The first-order chi connectivity index (χ1) is 11.6. The molecule has 0 saturated heterocycles. The molecule has 0 amide bonds. The predicted octanol–water partition coefficient (Wildman–Crippen LogP) is 3.12. The number of imidazole rings is 1. The van der Waals surface area contributed by atoms with E-state index in [2.05, 4.69) is 28.8 Å². The zero-order valence-corrected chi connectivity index (χ0v) is 13.6. The monoisotopic (exact) mass is 329 g/mol. The summed E-state index contributed by atoms with van der Waals surface area (Å²) in [5.74, 6) is 0.775. The lowest BCUT2D eigenvalue weighted by Gasteiger charge is -2.08. The summed E-state index contributed by atoms with van der Waals surface area (Å²) in [5, 5.41) is 14.2. The van der Waals surface area contributed by atoms with E-state index in [-0.39, 0.29) is 17.5 Å². The van der Waals surface area contributed by atoms with Crippen LogP contribution in [0.25, 0.3) is 0 Å². The number of anilines is 1. The van der Waals surface area contributed by atoms with Gasteiger partial charge in [-0.25, -0.2) is 14.5 Å². The first kappa shape index (κ1) is 17.2. The molecule has 2 aromatic rings. The van der Waals surface area contributed by atoms with Gasteiger partial charge in [0.15, 0.2) is 0 Å². The summed E-state index contributed by atoms with van der Waals surface area (Å²) < 4.78 is 7.02. The molecule has 126 valence electrons. The zero-order valence-electron chi connectivity index (χ0n) is 13.6. The Morgan fingerprint density at radius 2 is 2.21 bits per heavy atom. The van der Waals surface area contributed by atoms with E-state index in [1.54, 1.807) is 12.1 Å². The Balaban J connectivity index is 2.22. The van der Waals surface area contributed by atoms with Gasteiger partial charge in [-0.1, -0.05) is 13.5 Å². The molecule has 8 heteroatoms. The minimum atomic E-state index is -0.518. The van der Waals surface area contributed by atoms with Crippen LogP contribution in [0.15, 0.2) is 48.2 Å². The average Bonchev–Trinajstić information content (AvgIpc) is 2.95. The number of benzene rings is 1. The third kappa shape index (κ3) is 3.97. The number of nitrogens with zero attached hydrogens (tertiary/aromatic N) is 4. The van der Waals surface area contributed by atoms with Crippen molar-refractivity contribution in [2.75, 3.05) is 11.9 Å². The van der Waals surface area contributed by atoms with Gasteiger partial charge < -0.3 is 20.2 Å². The number of nitrogens with one attached hydrogen (secondary N) is 1. The Bertz CT molecular complexity index is 750. The molecule has 0 aliphatic heterocycles. The molecule has 0 aliphatic rings. The van der Waals surface area contributed by atoms with Crippen molar-refractivity contribution in [1.29, 1.82) is 0 Å². The SMILES string of the molecule is C=CN=C(Oc1ccc(NCCC)cc1)c1ncc([N+](=O)[O-])n1C. The van der Waals surface area contributed by atoms with Gasteiger partial charge in [-0.05, 0) is 35.6 Å². The number of rotatable bonds is 7. The van der Waals surface area contributed by atoms with Gasteiger partial charge >= 0.3 is 5.82 Å². The van der Waals surface area contributed by atoms with E-state index >= 15 is 0 Å². The van der Waals surface area contributed by atoms with Crippen LogP contribution in [0.5, 0.6) is 5.75 Å². The normalized spacial score (nSPS) is 11.2. The second-order valence-corrected chi connectivity index (χ2v) is 4.93. The Morgan fingerprint density at radius 1 is 1.50 bits per heavy atom. The third-order valence-corrected chi connectivity index (χ3v) is 3.20. The highest BCUT2D eigenvalue weighted by Gasteiger charge is 2.22. The number of hydrogen-bond acceptors (Lipinski definition) is 6. The summed E-state index contributed by atoms with van der Waals surface area (Å²) in [6, 6.07) is 7.34. The number of ether oxygens (including phenoxy) is 1. The lowest BCUT2D eigenvalue weighted by atomic mass is 10.3. The van der Waals surface area contributed by atoms with Crippen LogP contribution in [0.2, 0.25) is 0 Å². The Labute approximate surface area is 139 Å². The van der Waals surface area contributed by atoms with Gasteiger partial charge in [0.1, 0.15) is 11.9 Å². The van der Waals surface area contributed by atoms with Crippen LogP contribution in [0.3, 0.4) is 0 Å². The van der Waals surface area contributed by atoms with Crippen molar-refractivity contribution in [3.05, 3.63) is 59.2 Å². The third-order valence-electron chi connectivity index (χ3n) is 3.20. The van der Waals surface area contributed by atoms with Crippen LogP contribution < -0.4 is 10.1 Å². The molecule has 0 spiro atoms. The van der Waals surface area contributed by atoms with Gasteiger partial charge in [0.05, 0.1) is 7.05 Å². The van der Waals surface area contributed by atoms with Gasteiger partial charge in [-0.3, -0.25) is 0 Å². The van der Waals surface area contributed by atoms with Gasteiger partial charge in [0, 0.05) is 18.4 Å². The summed E-state index contributed by atoms with van der Waals surface area (Å²) in [6.07, 6.45) is 3.49. The highest BCUT2D eigenvalue weighted by atomic mass is 16.6. The molecule has 0 unspecified atom stereocenters. The van der Waals surface area contributed by atoms with Crippen LogP contribution in [-0.2, 0) is 7.05 Å². The number of nitro groups is 1. The van der Waals surface area contributed by atoms with Crippen molar-refractivity contribution in [2.24, 2.45) is 12.0 Å². The highest BCUT2D eigenvalue weighted by Crippen LogP contribution is 2.19. The van der Waals surface area contributed by atoms with Crippen molar-refractivity contribution in [1.82, 2.24) is 9.55 Å². The first-order valence-electron chi connectivity index (χ1n) is 7.43. The maximum atomic E-state index is 10.9. The van der Waals surface area contributed by atoms with E-state index < -0.39 is 4.92 Å². The van der Waals surface area contributed by atoms with E-state index in [1.807, 2.05) is 12.1 Å². The molecule has 0 bridgehead atoms. The standard InChI is InChI=1S/C16H19N5O3/c1-4-10-18-12-6-8-13(9-7-12)24-16(17-5-2)15-19-11-14(20(15)3)21(22)23/h5-9,11,18H,2,4,10H2,1,3H3. The molecule has 24 heavy (non-hydrogen) atoms. The van der Waals surface area contributed by atoms with Crippen molar-refractivity contribution in [3.8, 4) is 5.75 Å². The summed E-state index contributed by atoms with van der Waals surface area (Å²) in [6.45, 7) is 6.52. The van der Waals surface area contributed by atoms with Crippen LogP contribution in [-0.4, -0.2) is 26.9 Å². The smallest absolute Gasteiger partial charge is 0.343 e. The summed E-state index contributed by atoms with van der Waals surface area (Å²) in [7, 11) is 1.53. The molecule has 0 radical (unpaired) electrons. The highest BCUT2D eigenvalue weighted by molar-refractivity contribution is 5.93. The maximum absolute atomic E-state index is 10.9. The molecule has 1 aromatic carbocycles. The van der Waals surface area contributed by atoms with Gasteiger partial charge in [0.2, 0.25) is 0 Å². The molecule has 1 aromatic heterocycles. The lowest BCUT2D eigenvalue weighted by Crippen LogP contribution is -2.16. The maximum Gasteiger partial charge on any atom is 0.343 e. The second-order valence-electron chi connectivity index (χ2n) is 4.93. The van der Waals surface area contributed by atoms with Crippen molar-refractivity contribution < 1.29 is 9.66 Å². The molecular weight excluding hydrogens is 310 g/mol. The van der Waals surface area contributed by atoms with E-state index in [4.69, 9.17) is 4.74 Å². The van der Waals surface area contributed by atoms with Gasteiger partial charge in [0.25, 0.3) is 11.7 Å². The molecular formula is C16H19N5O3. The Morgan fingerprint density at radius 3 is 2.75 bits per heavy atom. The molecule has 0 fully saturated rings. The Hall–Kier alpha value is -3.16. The summed E-state index contributed by atoms with van der Waals surface area (Å²) in [4.78, 5) is 18.5. The fourth-order valence-corrected chi connectivity index (χ4v) is 2.00. The van der Waals surface area contributed by atoms with E-state index in [0.29, 0.717) is 5.75 Å². The topological polar surface area (TPSA) is 94.6 Å². The minimum Gasteiger partial charge on any atom is -0.434 e. The fourth-order valence-electron chi connectivity index (χ4n) is 2.00. The summed E-state index contributed by atoms with van der Waals surface area (Å²) >= 11 is 0. The number of aliphatic imine (C=N–C) groups is 1. The zero-order chi connectivity index (χ0) is 17.5. The van der Waals surface area contributed by atoms with Gasteiger partial charge in [-0.2, -0.15) is 0 Å². The Kier molecular flexibility index (Phi) is 5.67. The van der Waals surface area contributed by atoms with Crippen molar-refractivity contribution >= 4 is 17.4 Å². The molecule has 0 saturated carbocycles. The minimum absolute atomic E-state index is 0.134. The van der Waals surface area contributed by atoms with Crippen molar-refractivity contribution in [2.45, 2.75) is 13.3 Å². The lowest BCUT2D eigenvalue weighted by molar-refractivity contribution is -0.391. The average molecular weight is 329 g/mol. The van der Waals surface area contributed by atoms with Crippen LogP contribution in [0.4, 0.5) is 11.5 Å². The molecule has 0 aliphatic carbocycles. The van der Waals surface area contributed by atoms with Gasteiger partial charge in [-0.15, -0.1) is 0 Å². The fraction of sp³-hybridized carbons (Fsp3) is 0.250. The molecule has 8 nitrogen and oxygen atoms in total. The molecule has 0 atom stereocenters. The molecule has 1 heterocycles. The van der Waals surface area contributed by atoms with Crippen molar-refractivity contribution in [3.63, 3.8) is 0 Å². The largest absolute Gasteiger partial charge is 0.434 e. The van der Waals surface area contributed by atoms with Crippen LogP contribution in [0.1, 0.15) is 19.2 Å². The molecule has 2 rings (SSSR count). The summed E-state index contributed by atoms with van der Waals surface area (Å²) in [5.41, 5.74) is 0.985. The number of hydrogen-bond donors (Lipinski definition) is 1. The predicted molar refractivity (Wildman–Crippen MR) is 92.4 cm³/mol. The van der Waals surface area contributed by atoms with Crippen LogP contribution in [0, 0.1) is 10.1 Å². The van der Waals surface area contributed by atoms with Crippen LogP contribution >= 0.6 is 0 Å². The molecule has 1 N–H and O–H groups in total. The van der Waals surface area contributed by atoms with E-state index in [0.717, 1.165) is 24.8 Å². The second kappa shape index (κ2) is 7.91.